The van der Waals surface area contributed by atoms with Crippen LogP contribution in [0.5, 0.6) is 0 Å². The maximum absolute atomic E-state index is 4.68. The number of hydrazone groups is 1. The predicted molar refractivity (Wildman–Crippen MR) is 83.3 cm³/mol. The zero-order valence-corrected chi connectivity index (χ0v) is 12.6. The van der Waals surface area contributed by atoms with Crippen molar-refractivity contribution < 1.29 is 0 Å². The van der Waals surface area contributed by atoms with Gasteiger partial charge in [-0.25, -0.2) is 0 Å². The van der Waals surface area contributed by atoms with Gasteiger partial charge < -0.3 is 5.01 Å². The van der Waals surface area contributed by atoms with Gasteiger partial charge in [-0.15, -0.1) is 6.58 Å². The largest absolute Gasteiger partial charge is 0.300 e. The smallest absolute Gasteiger partial charge is 0.0385 e. The number of allylic oxidation sites excluding steroid dienone is 1. The lowest BCUT2D eigenvalue weighted by molar-refractivity contribution is 0.239. The maximum atomic E-state index is 4.68. The first-order chi connectivity index (χ1) is 9.28. The molecule has 0 heterocycles. The third-order valence-corrected chi connectivity index (χ3v) is 4.87. The van der Waals surface area contributed by atoms with Crippen LogP contribution >= 0.6 is 0 Å². The van der Waals surface area contributed by atoms with Crippen LogP contribution in [0.15, 0.2) is 17.8 Å². The summed E-state index contributed by atoms with van der Waals surface area (Å²) in [6.07, 6.45) is 16.6. The summed E-state index contributed by atoms with van der Waals surface area (Å²) in [5, 5.41) is 6.85. The quantitative estimate of drug-likeness (QED) is 0.405. The van der Waals surface area contributed by atoms with Crippen LogP contribution in [0.3, 0.4) is 0 Å². The van der Waals surface area contributed by atoms with Crippen LogP contribution in [0, 0.1) is 17.8 Å². The van der Waals surface area contributed by atoms with Crippen LogP contribution < -0.4 is 0 Å². The highest BCUT2D eigenvalue weighted by molar-refractivity contribution is 5.60. The summed E-state index contributed by atoms with van der Waals surface area (Å²) in [6.45, 7) is 5.06. The lowest BCUT2D eigenvalue weighted by Gasteiger charge is -2.27. The summed E-state index contributed by atoms with van der Waals surface area (Å²) in [5.41, 5.74) is 0. The highest BCUT2D eigenvalue weighted by Gasteiger charge is 2.18. The molecular formula is C17H30N2. The minimum absolute atomic E-state index is 0.699. The Labute approximate surface area is 119 Å². The second-order valence-corrected chi connectivity index (χ2v) is 6.52. The molecule has 0 saturated heterocycles. The molecular weight excluding hydrogens is 232 g/mol. The molecule has 0 atom stereocenters. The number of rotatable bonds is 5. The van der Waals surface area contributed by atoms with E-state index >= 15 is 0 Å². The highest BCUT2D eigenvalue weighted by atomic mass is 15.4. The lowest BCUT2D eigenvalue weighted by Crippen LogP contribution is -2.24. The third-order valence-electron chi connectivity index (χ3n) is 4.87. The zero-order chi connectivity index (χ0) is 13.5. The van der Waals surface area contributed by atoms with Gasteiger partial charge in [0.2, 0.25) is 0 Å². The van der Waals surface area contributed by atoms with E-state index < -0.39 is 0 Å². The van der Waals surface area contributed by atoms with E-state index in [0.29, 0.717) is 5.92 Å². The van der Waals surface area contributed by atoms with E-state index in [9.17, 15) is 0 Å². The Morgan fingerprint density at radius 1 is 1.00 bits per heavy atom. The Kier molecular flexibility index (Phi) is 5.93. The Morgan fingerprint density at radius 3 is 2.26 bits per heavy atom. The molecule has 0 unspecified atom stereocenters. The number of hydrogen-bond donors (Lipinski definition) is 0. The minimum Gasteiger partial charge on any atom is -0.300 e. The Morgan fingerprint density at radius 2 is 1.63 bits per heavy atom. The summed E-state index contributed by atoms with van der Waals surface area (Å²) in [7, 11) is 2.14. The van der Waals surface area contributed by atoms with Crippen molar-refractivity contribution in [2.24, 2.45) is 22.9 Å². The topological polar surface area (TPSA) is 15.6 Å². The van der Waals surface area contributed by atoms with E-state index in [4.69, 9.17) is 0 Å². The molecule has 2 heteroatoms. The first-order valence-corrected chi connectivity index (χ1v) is 8.15. The average molecular weight is 262 g/mol. The second kappa shape index (κ2) is 7.72. The second-order valence-electron chi connectivity index (χ2n) is 6.52. The van der Waals surface area contributed by atoms with Crippen molar-refractivity contribution in [2.75, 3.05) is 13.6 Å². The van der Waals surface area contributed by atoms with Gasteiger partial charge in [-0.3, -0.25) is 0 Å². The van der Waals surface area contributed by atoms with Crippen LogP contribution in [0.25, 0.3) is 0 Å². The fourth-order valence-electron chi connectivity index (χ4n) is 3.53. The van der Waals surface area contributed by atoms with Gasteiger partial charge in [-0.05, 0) is 56.3 Å². The van der Waals surface area contributed by atoms with Crippen molar-refractivity contribution >= 4 is 6.21 Å². The van der Waals surface area contributed by atoms with Crippen LogP contribution in [0.1, 0.15) is 57.8 Å². The molecule has 2 fully saturated rings. The van der Waals surface area contributed by atoms with Gasteiger partial charge >= 0.3 is 0 Å². The van der Waals surface area contributed by atoms with E-state index in [2.05, 4.69) is 36.0 Å². The lowest BCUT2D eigenvalue weighted by atomic mass is 9.83. The van der Waals surface area contributed by atoms with E-state index in [1.807, 2.05) is 0 Å². The van der Waals surface area contributed by atoms with Gasteiger partial charge in [-0.1, -0.05) is 25.3 Å². The fraction of sp³-hybridized carbons (Fsp3) is 0.824. The van der Waals surface area contributed by atoms with Gasteiger partial charge in [0.05, 0.1) is 0 Å². The van der Waals surface area contributed by atoms with Crippen molar-refractivity contribution in [1.29, 1.82) is 0 Å². The predicted octanol–water partition coefficient (Wildman–Crippen LogP) is 4.48. The molecule has 2 aliphatic rings. The number of nitrogens with zero attached hydrogens (tertiary/aromatic N) is 2. The summed E-state index contributed by atoms with van der Waals surface area (Å²) in [5.74, 6) is 2.34. The molecule has 0 radical (unpaired) electrons. The SMILES string of the molecule is C=CC1CCC(C=NN(C)CC2CCCCC2)CC1. The van der Waals surface area contributed by atoms with Crippen molar-refractivity contribution in [3.8, 4) is 0 Å². The Hall–Kier alpha value is -0.790. The Bertz CT molecular complexity index is 284. The molecule has 2 aliphatic carbocycles. The molecule has 2 rings (SSSR count). The van der Waals surface area contributed by atoms with Crippen molar-refractivity contribution in [3.63, 3.8) is 0 Å². The Balaban J connectivity index is 1.68. The summed E-state index contributed by atoms with van der Waals surface area (Å²) in [6, 6.07) is 0. The highest BCUT2D eigenvalue weighted by Crippen LogP contribution is 2.28. The molecule has 0 aliphatic heterocycles. The van der Waals surface area contributed by atoms with Gasteiger partial charge in [0.25, 0.3) is 0 Å². The van der Waals surface area contributed by atoms with Gasteiger partial charge in [0.15, 0.2) is 0 Å². The molecule has 0 N–H and O–H groups in total. The maximum Gasteiger partial charge on any atom is 0.0385 e. The van der Waals surface area contributed by atoms with Crippen LogP contribution in [-0.4, -0.2) is 24.8 Å². The van der Waals surface area contributed by atoms with Crippen molar-refractivity contribution in [3.05, 3.63) is 12.7 Å². The first-order valence-electron chi connectivity index (χ1n) is 8.15. The van der Waals surface area contributed by atoms with E-state index in [0.717, 1.165) is 18.4 Å². The van der Waals surface area contributed by atoms with Crippen molar-refractivity contribution in [2.45, 2.75) is 57.8 Å². The molecule has 19 heavy (non-hydrogen) atoms. The van der Waals surface area contributed by atoms with E-state index in [1.165, 1.54) is 57.8 Å². The molecule has 0 bridgehead atoms. The summed E-state index contributed by atoms with van der Waals surface area (Å²) < 4.78 is 0. The van der Waals surface area contributed by atoms with Gasteiger partial charge in [0.1, 0.15) is 0 Å². The van der Waals surface area contributed by atoms with Gasteiger partial charge in [0, 0.05) is 19.8 Å². The normalized spacial score (nSPS) is 29.5. The standard InChI is InChI=1S/C17H30N2/c1-3-15-9-11-16(12-10-15)13-18-19(2)14-17-7-5-4-6-8-17/h3,13,15-17H,1,4-12,14H2,2H3. The molecule has 0 amide bonds. The summed E-state index contributed by atoms with van der Waals surface area (Å²) >= 11 is 0. The monoisotopic (exact) mass is 262 g/mol. The fourth-order valence-corrected chi connectivity index (χ4v) is 3.53. The summed E-state index contributed by atoms with van der Waals surface area (Å²) in [4.78, 5) is 0. The minimum atomic E-state index is 0.699. The first kappa shape index (κ1) is 14.6. The van der Waals surface area contributed by atoms with E-state index in [1.54, 1.807) is 0 Å². The van der Waals surface area contributed by atoms with Crippen LogP contribution in [0.2, 0.25) is 0 Å². The molecule has 0 aromatic heterocycles. The molecule has 0 spiro atoms. The molecule has 2 saturated carbocycles. The molecule has 2 nitrogen and oxygen atoms in total. The number of hydrogen-bond acceptors (Lipinski definition) is 2. The zero-order valence-electron chi connectivity index (χ0n) is 12.6. The molecule has 0 aromatic rings. The van der Waals surface area contributed by atoms with E-state index in [-0.39, 0.29) is 0 Å². The average Bonchev–Trinajstić information content (AvgIpc) is 2.47. The van der Waals surface area contributed by atoms with Crippen LogP contribution in [-0.2, 0) is 0 Å². The van der Waals surface area contributed by atoms with Crippen LogP contribution in [0.4, 0.5) is 0 Å². The van der Waals surface area contributed by atoms with Gasteiger partial charge in [-0.2, -0.15) is 5.10 Å². The third kappa shape index (κ3) is 5.00. The molecule has 108 valence electrons. The molecule has 0 aromatic carbocycles. The van der Waals surface area contributed by atoms with Crippen molar-refractivity contribution in [1.82, 2.24) is 5.01 Å².